The quantitative estimate of drug-likeness (QED) is 0.302. The Bertz CT molecular complexity index is 1030. The first-order chi connectivity index (χ1) is 15.1. The predicted molar refractivity (Wildman–Crippen MR) is 121 cm³/mol. The third-order valence-electron chi connectivity index (χ3n) is 5.74. The first kappa shape index (κ1) is 24.5. The van der Waals surface area contributed by atoms with Gasteiger partial charge in [0.2, 0.25) is 10.0 Å². The van der Waals surface area contributed by atoms with Crippen LogP contribution < -0.4 is 10.2 Å². The molecule has 0 unspecified atom stereocenters. The highest BCUT2D eigenvalue weighted by Crippen LogP contribution is 2.45. The van der Waals surface area contributed by atoms with Gasteiger partial charge in [-0.05, 0) is 41.8 Å². The van der Waals surface area contributed by atoms with Crippen molar-refractivity contribution in [2.75, 3.05) is 19.4 Å². The van der Waals surface area contributed by atoms with Gasteiger partial charge in [-0.3, -0.25) is 10.0 Å². The van der Waals surface area contributed by atoms with Gasteiger partial charge in [0.25, 0.3) is 5.91 Å². The molecule has 0 spiro atoms. The van der Waals surface area contributed by atoms with Crippen molar-refractivity contribution in [2.45, 2.75) is 35.8 Å². The highest BCUT2D eigenvalue weighted by molar-refractivity contribution is 7.99. The Balaban J connectivity index is 1.92. The molecule has 0 radical (unpaired) electrons. The Kier molecular flexibility index (Phi) is 7.51. The zero-order valence-electron chi connectivity index (χ0n) is 18.1. The molecule has 1 aliphatic rings. The van der Waals surface area contributed by atoms with E-state index in [0.717, 1.165) is 9.20 Å². The molecule has 0 bridgehead atoms. The summed E-state index contributed by atoms with van der Waals surface area (Å²) in [7, 11) is -2.60. The molecule has 10 heteroatoms. The Morgan fingerprint density at radius 3 is 2.41 bits per heavy atom. The molecule has 8 nitrogen and oxygen atoms in total. The van der Waals surface area contributed by atoms with Crippen molar-refractivity contribution >= 4 is 27.7 Å². The molecule has 3 atom stereocenters. The fraction of sp³-hybridized carbons (Fsp3) is 0.409. The van der Waals surface area contributed by atoms with Gasteiger partial charge in [0.15, 0.2) is 0 Å². The largest absolute Gasteiger partial charge is 0.497 e. The summed E-state index contributed by atoms with van der Waals surface area (Å²) in [5.41, 5.74) is 0.863. The van der Waals surface area contributed by atoms with E-state index in [4.69, 9.17) is 4.74 Å². The maximum atomic E-state index is 13.4. The number of hydrogen-bond donors (Lipinski definition) is 3. The fourth-order valence-corrected chi connectivity index (χ4v) is 6.92. The summed E-state index contributed by atoms with van der Waals surface area (Å²) >= 11 is 1.42. The molecule has 2 aromatic carbocycles. The lowest BCUT2D eigenvalue weighted by Crippen LogP contribution is -2.51. The van der Waals surface area contributed by atoms with Gasteiger partial charge in [0.1, 0.15) is 11.8 Å². The normalized spacial score (nSPS) is 21.8. The number of nitrogens with zero attached hydrogens (tertiary/aromatic N) is 1. The van der Waals surface area contributed by atoms with E-state index in [-0.39, 0.29) is 17.2 Å². The number of aliphatic hydroxyl groups is 1. The van der Waals surface area contributed by atoms with E-state index in [1.165, 1.54) is 43.1 Å². The second-order valence-electron chi connectivity index (χ2n) is 8.35. The Morgan fingerprint density at radius 2 is 1.84 bits per heavy atom. The summed E-state index contributed by atoms with van der Waals surface area (Å²) in [4.78, 5) is 13.6. The molecular weight excluding hydrogens is 452 g/mol. The van der Waals surface area contributed by atoms with Gasteiger partial charge in [0, 0.05) is 23.1 Å². The van der Waals surface area contributed by atoms with Gasteiger partial charge in [-0.2, -0.15) is 4.31 Å². The molecule has 174 valence electrons. The molecule has 1 saturated heterocycles. The summed E-state index contributed by atoms with van der Waals surface area (Å²) in [5.74, 6) is -0.842. The molecule has 0 saturated carbocycles. The van der Waals surface area contributed by atoms with Crippen LogP contribution in [0.2, 0.25) is 0 Å². The Labute approximate surface area is 192 Å². The summed E-state index contributed by atoms with van der Waals surface area (Å²) in [6.07, 6.45) is -0.992. The van der Waals surface area contributed by atoms with Crippen LogP contribution in [0.15, 0.2) is 64.4 Å². The number of methoxy groups -OCH3 is 1. The number of thioether (sulfide) groups is 1. The van der Waals surface area contributed by atoms with Crippen molar-refractivity contribution in [1.82, 2.24) is 9.79 Å². The minimum absolute atomic E-state index is 0.00126. The van der Waals surface area contributed by atoms with E-state index in [1.807, 2.05) is 44.2 Å². The lowest BCUT2D eigenvalue weighted by atomic mass is 9.75. The minimum atomic E-state index is -4.08. The number of hydrogen-bond acceptors (Lipinski definition) is 7. The fourth-order valence-electron chi connectivity index (χ4n) is 4.22. The minimum Gasteiger partial charge on any atom is -0.497 e. The first-order valence-electron chi connectivity index (χ1n) is 10.1. The van der Waals surface area contributed by atoms with Gasteiger partial charge in [-0.25, -0.2) is 13.9 Å². The highest BCUT2D eigenvalue weighted by Gasteiger charge is 2.56. The van der Waals surface area contributed by atoms with E-state index < -0.39 is 39.4 Å². The van der Waals surface area contributed by atoms with Crippen molar-refractivity contribution < 1.29 is 28.3 Å². The lowest BCUT2D eigenvalue weighted by Gasteiger charge is -2.32. The van der Waals surface area contributed by atoms with Crippen LogP contribution in [0.3, 0.4) is 0 Å². The lowest BCUT2D eigenvalue weighted by molar-refractivity contribution is -0.135. The first-order valence-corrected chi connectivity index (χ1v) is 12.5. The summed E-state index contributed by atoms with van der Waals surface area (Å²) < 4.78 is 33.0. The molecule has 0 aliphatic carbocycles. The van der Waals surface area contributed by atoms with Crippen LogP contribution in [0, 0.1) is 11.3 Å². The number of carbonyl (C=O) groups excluding carboxylic acids is 1. The van der Waals surface area contributed by atoms with Crippen LogP contribution in [-0.4, -0.2) is 60.5 Å². The predicted octanol–water partition coefficient (Wildman–Crippen LogP) is 2.37. The van der Waals surface area contributed by atoms with Crippen molar-refractivity contribution in [3.8, 4) is 5.75 Å². The van der Waals surface area contributed by atoms with Crippen molar-refractivity contribution in [2.24, 2.45) is 11.3 Å². The monoisotopic (exact) mass is 480 g/mol. The van der Waals surface area contributed by atoms with Crippen LogP contribution in [0.25, 0.3) is 0 Å². The van der Waals surface area contributed by atoms with Crippen molar-refractivity contribution in [1.29, 1.82) is 0 Å². The number of ether oxygens (including phenoxy) is 1. The van der Waals surface area contributed by atoms with E-state index in [9.17, 15) is 23.5 Å². The molecular formula is C22H28N2O6S2. The number of sulfonamides is 1. The smallest absolute Gasteiger partial charge is 0.262 e. The highest BCUT2D eigenvalue weighted by atomic mass is 32.2. The zero-order valence-corrected chi connectivity index (χ0v) is 19.8. The summed E-state index contributed by atoms with van der Waals surface area (Å²) in [6, 6.07) is 14.1. The summed E-state index contributed by atoms with van der Waals surface area (Å²) in [6.45, 7) is 3.64. The number of amides is 1. The molecule has 1 aliphatic heterocycles. The van der Waals surface area contributed by atoms with Gasteiger partial charge in [-0.15, -0.1) is 11.8 Å². The number of benzene rings is 2. The molecule has 1 fully saturated rings. The van der Waals surface area contributed by atoms with Crippen LogP contribution >= 0.6 is 11.8 Å². The second-order valence-corrected chi connectivity index (χ2v) is 11.3. The van der Waals surface area contributed by atoms with Gasteiger partial charge >= 0.3 is 0 Å². The molecule has 2 aromatic rings. The van der Waals surface area contributed by atoms with Crippen molar-refractivity contribution in [3.63, 3.8) is 0 Å². The van der Waals surface area contributed by atoms with Crippen LogP contribution in [-0.2, 0) is 14.8 Å². The number of hydroxylamine groups is 1. The maximum Gasteiger partial charge on any atom is 0.262 e. The third kappa shape index (κ3) is 4.94. The molecule has 3 N–H and O–H groups in total. The molecule has 1 amide bonds. The molecule has 0 aromatic heterocycles. The number of nitrogens with one attached hydrogen (secondary N) is 1. The standard InChI is InChI=1S/C22H28N2O6S2/c1-22(2)14-24(32(28,29)17-11-9-15(30-3)10-12-17)20(21(26)23-27)19(22)18(25)13-31-16-7-5-4-6-8-16/h4-12,18-20,25,27H,13-14H2,1-3H3,(H,23,26)/t18-,19+,20-/m1/s1. The molecule has 1 heterocycles. The van der Waals surface area contributed by atoms with E-state index in [2.05, 4.69) is 0 Å². The maximum absolute atomic E-state index is 13.4. The SMILES string of the molecule is COc1ccc(S(=O)(=O)N2CC(C)(C)[C@@H]([C@H](O)CSc3ccccc3)[C@@H]2C(=O)NO)cc1. The van der Waals surface area contributed by atoms with Crippen LogP contribution in [0.1, 0.15) is 13.8 Å². The Morgan fingerprint density at radius 1 is 1.22 bits per heavy atom. The van der Waals surface area contributed by atoms with Gasteiger partial charge in [0.05, 0.1) is 18.1 Å². The number of aliphatic hydroxyl groups excluding tert-OH is 1. The Hall–Kier alpha value is -2.11. The second kappa shape index (κ2) is 9.80. The number of carbonyl (C=O) groups is 1. The van der Waals surface area contributed by atoms with E-state index in [1.54, 1.807) is 5.48 Å². The average molecular weight is 481 g/mol. The topological polar surface area (TPSA) is 116 Å². The summed E-state index contributed by atoms with van der Waals surface area (Å²) in [5, 5.41) is 20.4. The van der Waals surface area contributed by atoms with E-state index >= 15 is 0 Å². The third-order valence-corrected chi connectivity index (χ3v) is 8.69. The average Bonchev–Trinajstić information content (AvgIpc) is 3.09. The number of rotatable bonds is 8. The van der Waals surface area contributed by atoms with E-state index in [0.29, 0.717) is 5.75 Å². The van der Waals surface area contributed by atoms with Gasteiger partial charge < -0.3 is 9.84 Å². The van der Waals surface area contributed by atoms with Crippen LogP contribution in [0.4, 0.5) is 0 Å². The van der Waals surface area contributed by atoms with Crippen molar-refractivity contribution in [3.05, 3.63) is 54.6 Å². The molecule has 32 heavy (non-hydrogen) atoms. The van der Waals surface area contributed by atoms with Crippen LogP contribution in [0.5, 0.6) is 5.75 Å². The zero-order chi connectivity index (χ0) is 23.5. The molecule has 3 rings (SSSR count). The van der Waals surface area contributed by atoms with Gasteiger partial charge in [-0.1, -0.05) is 32.0 Å².